The predicted octanol–water partition coefficient (Wildman–Crippen LogP) is 1.33. The summed E-state index contributed by atoms with van der Waals surface area (Å²) in [6.07, 6.45) is 4.29. The lowest BCUT2D eigenvalue weighted by Gasteiger charge is -2.47. The number of hydrogen-bond donors (Lipinski definition) is 1. The summed E-state index contributed by atoms with van der Waals surface area (Å²) in [6.45, 7) is 2.70. The number of nitrogens with zero attached hydrogens (tertiary/aromatic N) is 1. The third-order valence-electron chi connectivity index (χ3n) is 3.29. The molecule has 0 spiro atoms. The molecular weight excluding hydrogens is 222 g/mol. The van der Waals surface area contributed by atoms with E-state index in [9.17, 15) is 4.79 Å². The Hall–Kier alpha value is -0.650. The van der Waals surface area contributed by atoms with Crippen molar-refractivity contribution in [3.8, 4) is 0 Å². The molecule has 0 aromatic heterocycles. The molecule has 1 rings (SSSR count). The summed E-state index contributed by atoms with van der Waals surface area (Å²) in [5, 5.41) is 8.48. The Morgan fingerprint density at radius 3 is 2.29 bits per heavy atom. The van der Waals surface area contributed by atoms with Crippen molar-refractivity contribution in [1.29, 1.82) is 0 Å². The number of unbranched alkanes of at least 4 members (excludes halogenated alkanes) is 3. The van der Waals surface area contributed by atoms with Crippen molar-refractivity contribution >= 4 is 5.97 Å². The molecule has 1 aliphatic rings. The molecule has 100 valence electrons. The minimum absolute atomic E-state index is 0.292. The molecule has 1 aliphatic heterocycles. The van der Waals surface area contributed by atoms with Crippen LogP contribution < -0.4 is 0 Å². The second-order valence-electron chi connectivity index (χ2n) is 4.59. The largest absolute Gasteiger partial charge is 0.481 e. The van der Waals surface area contributed by atoms with Gasteiger partial charge in [-0.2, -0.15) is 0 Å². The van der Waals surface area contributed by atoms with Crippen LogP contribution in [0.2, 0.25) is 0 Å². The first kappa shape index (κ1) is 14.4. The molecule has 0 bridgehead atoms. The van der Waals surface area contributed by atoms with E-state index in [1.807, 2.05) is 0 Å². The van der Waals surface area contributed by atoms with Crippen LogP contribution in [0.5, 0.6) is 0 Å². The molecule has 0 saturated carbocycles. The van der Waals surface area contributed by atoms with Gasteiger partial charge in [0.1, 0.15) is 0 Å². The van der Waals surface area contributed by atoms with Gasteiger partial charge in [-0.3, -0.25) is 9.69 Å². The van der Waals surface area contributed by atoms with E-state index in [1.54, 1.807) is 14.2 Å². The van der Waals surface area contributed by atoms with E-state index in [0.29, 0.717) is 6.42 Å². The van der Waals surface area contributed by atoms with E-state index in [4.69, 9.17) is 14.6 Å². The minimum Gasteiger partial charge on any atom is -0.481 e. The van der Waals surface area contributed by atoms with E-state index in [0.717, 1.165) is 45.3 Å². The van der Waals surface area contributed by atoms with Crippen LogP contribution in [0.3, 0.4) is 0 Å². The number of methoxy groups -OCH3 is 2. The van der Waals surface area contributed by atoms with Crippen LogP contribution in [0.15, 0.2) is 0 Å². The number of carboxylic acid groups (broad SMARTS) is 1. The lowest BCUT2D eigenvalue weighted by Crippen LogP contribution is -2.63. The highest BCUT2D eigenvalue weighted by molar-refractivity contribution is 5.66. The molecule has 0 aliphatic carbocycles. The Balaban J connectivity index is 1.94. The lowest BCUT2D eigenvalue weighted by molar-refractivity contribution is -0.275. The maximum Gasteiger partial charge on any atom is 0.303 e. The van der Waals surface area contributed by atoms with Gasteiger partial charge in [-0.25, -0.2) is 0 Å². The van der Waals surface area contributed by atoms with Crippen molar-refractivity contribution in [2.45, 2.75) is 37.9 Å². The number of carbonyl (C=O) groups is 1. The summed E-state index contributed by atoms with van der Waals surface area (Å²) < 4.78 is 10.6. The number of aliphatic carboxylic acids is 1. The average molecular weight is 245 g/mol. The molecule has 1 heterocycles. The molecule has 0 amide bonds. The third-order valence-corrected chi connectivity index (χ3v) is 3.29. The molecule has 5 nitrogen and oxygen atoms in total. The lowest BCUT2D eigenvalue weighted by atomic mass is 10.1. The summed E-state index contributed by atoms with van der Waals surface area (Å²) in [5.74, 6) is -1.08. The zero-order valence-electron chi connectivity index (χ0n) is 10.8. The summed E-state index contributed by atoms with van der Waals surface area (Å²) in [7, 11) is 3.35. The summed E-state index contributed by atoms with van der Waals surface area (Å²) in [6, 6.07) is 0. The van der Waals surface area contributed by atoms with Gasteiger partial charge in [-0.1, -0.05) is 12.8 Å². The van der Waals surface area contributed by atoms with Crippen molar-refractivity contribution in [2.24, 2.45) is 0 Å². The summed E-state index contributed by atoms with van der Waals surface area (Å²) >= 11 is 0. The van der Waals surface area contributed by atoms with Crippen LogP contribution in [0.4, 0.5) is 0 Å². The smallest absolute Gasteiger partial charge is 0.303 e. The van der Waals surface area contributed by atoms with E-state index in [1.165, 1.54) is 0 Å². The van der Waals surface area contributed by atoms with Gasteiger partial charge < -0.3 is 14.6 Å². The Kier molecular flexibility index (Phi) is 5.88. The van der Waals surface area contributed by atoms with Gasteiger partial charge in [0.05, 0.1) is 13.1 Å². The molecule has 1 fully saturated rings. The normalized spacial score (nSPS) is 18.9. The monoisotopic (exact) mass is 245 g/mol. The number of rotatable bonds is 9. The van der Waals surface area contributed by atoms with Crippen LogP contribution in [-0.4, -0.2) is 55.6 Å². The standard InChI is InChI=1S/C12H23NO4/c1-16-12(17-2)9-13(10-12)8-6-4-3-5-7-11(14)15/h3-10H2,1-2H3,(H,14,15). The maximum absolute atomic E-state index is 10.3. The van der Waals surface area contributed by atoms with E-state index < -0.39 is 5.97 Å². The van der Waals surface area contributed by atoms with Gasteiger partial charge >= 0.3 is 5.97 Å². The van der Waals surface area contributed by atoms with Crippen molar-refractivity contribution < 1.29 is 19.4 Å². The molecular formula is C12H23NO4. The molecule has 0 unspecified atom stereocenters. The van der Waals surface area contributed by atoms with Gasteiger partial charge in [-0.05, 0) is 19.4 Å². The Morgan fingerprint density at radius 2 is 1.76 bits per heavy atom. The Labute approximate surface area is 103 Å². The van der Waals surface area contributed by atoms with E-state index in [2.05, 4.69) is 4.90 Å². The van der Waals surface area contributed by atoms with Crippen LogP contribution >= 0.6 is 0 Å². The van der Waals surface area contributed by atoms with E-state index >= 15 is 0 Å². The van der Waals surface area contributed by atoms with Crippen molar-refractivity contribution in [3.05, 3.63) is 0 Å². The van der Waals surface area contributed by atoms with Crippen LogP contribution in [0, 0.1) is 0 Å². The first-order valence-corrected chi connectivity index (χ1v) is 6.16. The van der Waals surface area contributed by atoms with Crippen LogP contribution in [-0.2, 0) is 14.3 Å². The second kappa shape index (κ2) is 6.93. The Morgan fingerprint density at radius 1 is 1.18 bits per heavy atom. The highest BCUT2D eigenvalue weighted by Crippen LogP contribution is 2.25. The molecule has 0 radical (unpaired) electrons. The minimum atomic E-state index is -0.697. The number of likely N-dealkylation sites (tertiary alicyclic amines) is 1. The predicted molar refractivity (Wildman–Crippen MR) is 63.9 cm³/mol. The maximum atomic E-state index is 10.3. The number of carboxylic acids is 1. The first-order valence-electron chi connectivity index (χ1n) is 6.16. The Bertz CT molecular complexity index is 233. The molecule has 1 N–H and O–H groups in total. The SMILES string of the molecule is COC1(OC)CN(CCCCCCC(=O)O)C1. The second-order valence-corrected chi connectivity index (χ2v) is 4.59. The highest BCUT2D eigenvalue weighted by Gasteiger charge is 2.43. The zero-order valence-corrected chi connectivity index (χ0v) is 10.8. The van der Waals surface area contributed by atoms with Gasteiger partial charge in [-0.15, -0.1) is 0 Å². The fraction of sp³-hybridized carbons (Fsp3) is 0.917. The van der Waals surface area contributed by atoms with Crippen molar-refractivity contribution in [1.82, 2.24) is 4.90 Å². The molecule has 1 saturated heterocycles. The highest BCUT2D eigenvalue weighted by atomic mass is 16.7. The molecule has 5 heteroatoms. The zero-order chi connectivity index (χ0) is 12.7. The average Bonchev–Trinajstić information content (AvgIpc) is 2.25. The van der Waals surface area contributed by atoms with Gasteiger partial charge in [0, 0.05) is 20.6 Å². The van der Waals surface area contributed by atoms with Crippen LogP contribution in [0.1, 0.15) is 32.1 Å². The first-order chi connectivity index (χ1) is 8.12. The van der Waals surface area contributed by atoms with E-state index in [-0.39, 0.29) is 5.79 Å². The fourth-order valence-electron chi connectivity index (χ4n) is 2.10. The molecule has 0 aromatic carbocycles. The molecule has 0 aromatic rings. The quantitative estimate of drug-likeness (QED) is 0.490. The molecule has 17 heavy (non-hydrogen) atoms. The van der Waals surface area contributed by atoms with Gasteiger partial charge in [0.2, 0.25) is 0 Å². The van der Waals surface area contributed by atoms with Gasteiger partial charge in [0.25, 0.3) is 0 Å². The summed E-state index contributed by atoms with van der Waals surface area (Å²) in [4.78, 5) is 12.6. The topological polar surface area (TPSA) is 59.0 Å². The van der Waals surface area contributed by atoms with Crippen molar-refractivity contribution in [3.63, 3.8) is 0 Å². The van der Waals surface area contributed by atoms with Crippen LogP contribution in [0.25, 0.3) is 0 Å². The number of ether oxygens (including phenoxy) is 2. The fourth-order valence-corrected chi connectivity index (χ4v) is 2.10. The molecule has 0 atom stereocenters. The summed E-state index contributed by atoms with van der Waals surface area (Å²) in [5.41, 5.74) is 0. The number of hydrogen-bond acceptors (Lipinski definition) is 4. The third kappa shape index (κ3) is 4.61. The van der Waals surface area contributed by atoms with Gasteiger partial charge in [0.15, 0.2) is 5.79 Å². The van der Waals surface area contributed by atoms with Crippen molar-refractivity contribution in [2.75, 3.05) is 33.9 Å².